The second-order valence-electron chi connectivity index (χ2n) is 6.54. The van der Waals surface area contributed by atoms with Gasteiger partial charge in [-0.1, -0.05) is 91.0 Å². The van der Waals surface area contributed by atoms with E-state index in [0.29, 0.717) is 5.82 Å². The van der Waals surface area contributed by atoms with Gasteiger partial charge in [0.15, 0.2) is 12.1 Å². The Balaban J connectivity index is 2.18. The lowest BCUT2D eigenvalue weighted by Crippen LogP contribution is -2.38. The van der Waals surface area contributed by atoms with E-state index < -0.39 is 5.54 Å². The number of nitrogens with zero attached hydrogens (tertiary/aromatic N) is 2. The lowest BCUT2D eigenvalue weighted by atomic mass is 9.76. The number of aryl methyl sites for hydroxylation is 1. The van der Waals surface area contributed by atoms with E-state index in [1.54, 1.807) is 0 Å². The van der Waals surface area contributed by atoms with Crippen molar-refractivity contribution in [3.8, 4) is 0 Å². The number of aromatic nitrogens is 2. The second kappa shape index (κ2) is 7.04. The molecule has 4 aromatic rings. The molecule has 0 aliphatic carbocycles. The Labute approximate surface area is 158 Å². The fraction of sp³-hybridized carbons (Fsp3) is 0.0833. The van der Waals surface area contributed by atoms with Crippen LogP contribution < -0.4 is 0 Å². The fourth-order valence-electron chi connectivity index (χ4n) is 3.82. The van der Waals surface area contributed by atoms with Crippen molar-refractivity contribution in [3.05, 3.63) is 125 Å². The van der Waals surface area contributed by atoms with Crippen LogP contribution in [0.25, 0.3) is 0 Å². The lowest BCUT2D eigenvalue weighted by molar-refractivity contribution is 0.110. The molecule has 132 valence electrons. The van der Waals surface area contributed by atoms with Gasteiger partial charge in [0.05, 0.1) is 5.69 Å². The van der Waals surface area contributed by atoms with Crippen molar-refractivity contribution in [2.45, 2.75) is 12.5 Å². The summed E-state index contributed by atoms with van der Waals surface area (Å²) in [6.45, 7) is 1.91. The third kappa shape index (κ3) is 2.77. The van der Waals surface area contributed by atoms with Crippen molar-refractivity contribution in [3.63, 3.8) is 0 Å². The third-order valence-electron chi connectivity index (χ3n) is 4.90. The Morgan fingerprint density at radius 3 is 1.52 bits per heavy atom. The van der Waals surface area contributed by atoms with E-state index in [1.165, 1.54) is 0 Å². The topological polar surface area (TPSA) is 34.9 Å². The molecule has 0 saturated heterocycles. The molecule has 0 radical (unpaired) electrons. The predicted molar refractivity (Wildman–Crippen MR) is 107 cm³/mol. The molecular formula is C24H20N2O. The maximum Gasteiger partial charge on any atom is 0.185 e. The fourth-order valence-corrected chi connectivity index (χ4v) is 3.82. The second-order valence-corrected chi connectivity index (χ2v) is 6.54. The van der Waals surface area contributed by atoms with Gasteiger partial charge in [-0.15, -0.1) is 0 Å². The predicted octanol–water partition coefficient (Wildman–Crippen LogP) is 4.84. The van der Waals surface area contributed by atoms with Crippen LogP contribution >= 0.6 is 0 Å². The summed E-state index contributed by atoms with van der Waals surface area (Å²) >= 11 is 0. The first-order valence-corrected chi connectivity index (χ1v) is 8.95. The van der Waals surface area contributed by atoms with Crippen molar-refractivity contribution in [1.29, 1.82) is 0 Å². The zero-order valence-electron chi connectivity index (χ0n) is 15.1. The first kappa shape index (κ1) is 17.0. The molecule has 0 bridgehead atoms. The molecule has 3 heteroatoms. The standard InChI is InChI=1S/C24H20N2O/c1-19-17-26(23(18-27)25-19)24(20-11-5-2-6-12-20,21-13-7-3-8-14-21)22-15-9-4-10-16-22/h2-18H,1H3. The Hall–Kier alpha value is -3.46. The molecule has 0 aliphatic heterocycles. The summed E-state index contributed by atoms with van der Waals surface area (Å²) in [6, 6.07) is 30.8. The molecule has 1 aromatic heterocycles. The van der Waals surface area contributed by atoms with Crippen molar-refractivity contribution in [1.82, 2.24) is 9.55 Å². The molecular weight excluding hydrogens is 332 g/mol. The average molecular weight is 352 g/mol. The van der Waals surface area contributed by atoms with Gasteiger partial charge in [-0.05, 0) is 23.6 Å². The molecule has 27 heavy (non-hydrogen) atoms. The normalized spacial score (nSPS) is 11.3. The molecule has 0 amide bonds. The molecule has 0 N–H and O–H groups in total. The number of imidazole rings is 1. The number of rotatable bonds is 5. The van der Waals surface area contributed by atoms with Crippen LogP contribution in [0, 0.1) is 6.92 Å². The van der Waals surface area contributed by atoms with Gasteiger partial charge in [0.25, 0.3) is 0 Å². The van der Waals surface area contributed by atoms with Gasteiger partial charge in [0.2, 0.25) is 0 Å². The molecule has 0 unspecified atom stereocenters. The number of benzene rings is 3. The minimum absolute atomic E-state index is 0.407. The van der Waals surface area contributed by atoms with Crippen LogP contribution in [-0.4, -0.2) is 15.8 Å². The average Bonchev–Trinajstić information content (AvgIpc) is 3.12. The number of hydrogen-bond acceptors (Lipinski definition) is 2. The summed E-state index contributed by atoms with van der Waals surface area (Å²) in [4.78, 5) is 16.4. The summed E-state index contributed by atoms with van der Waals surface area (Å²) in [6.07, 6.45) is 2.79. The molecule has 0 atom stereocenters. The van der Waals surface area contributed by atoms with Gasteiger partial charge in [-0.25, -0.2) is 4.98 Å². The van der Waals surface area contributed by atoms with Crippen molar-refractivity contribution < 1.29 is 4.79 Å². The highest BCUT2D eigenvalue weighted by Gasteiger charge is 2.39. The molecule has 3 nitrogen and oxygen atoms in total. The minimum atomic E-state index is -0.693. The van der Waals surface area contributed by atoms with Crippen LogP contribution in [-0.2, 0) is 5.54 Å². The van der Waals surface area contributed by atoms with Gasteiger partial charge < -0.3 is 4.57 Å². The highest BCUT2D eigenvalue weighted by molar-refractivity contribution is 5.71. The molecule has 0 aliphatic rings. The molecule has 1 heterocycles. The van der Waals surface area contributed by atoms with Crippen LogP contribution in [0.3, 0.4) is 0 Å². The highest BCUT2D eigenvalue weighted by Crippen LogP contribution is 2.41. The van der Waals surface area contributed by atoms with E-state index in [4.69, 9.17) is 0 Å². The van der Waals surface area contributed by atoms with Crippen molar-refractivity contribution >= 4 is 6.29 Å². The molecule has 0 spiro atoms. The molecule has 0 saturated carbocycles. The number of carbonyl (C=O) groups is 1. The summed E-state index contributed by atoms with van der Waals surface area (Å²) in [5.41, 5.74) is 3.33. The number of carbonyl (C=O) groups excluding carboxylic acids is 1. The largest absolute Gasteiger partial charge is 0.310 e. The molecule has 4 rings (SSSR count). The van der Waals surface area contributed by atoms with Crippen LogP contribution in [0.5, 0.6) is 0 Å². The van der Waals surface area contributed by atoms with Crippen molar-refractivity contribution in [2.75, 3.05) is 0 Å². The maximum atomic E-state index is 11.9. The van der Waals surface area contributed by atoms with Crippen molar-refractivity contribution in [2.24, 2.45) is 0 Å². The lowest BCUT2D eigenvalue weighted by Gasteiger charge is -2.38. The van der Waals surface area contributed by atoms with Crippen LogP contribution in [0.4, 0.5) is 0 Å². The maximum absolute atomic E-state index is 11.9. The monoisotopic (exact) mass is 352 g/mol. The van der Waals surface area contributed by atoms with Gasteiger partial charge in [-0.3, -0.25) is 4.79 Å². The SMILES string of the molecule is Cc1cn(C(c2ccccc2)(c2ccccc2)c2ccccc2)c(C=O)n1. The van der Waals surface area contributed by atoms with Crippen LogP contribution in [0.15, 0.2) is 97.2 Å². The first-order chi connectivity index (χ1) is 13.3. The van der Waals surface area contributed by atoms with E-state index in [-0.39, 0.29) is 0 Å². The Kier molecular flexibility index (Phi) is 4.43. The van der Waals surface area contributed by atoms with Gasteiger partial charge in [0, 0.05) is 6.20 Å². The van der Waals surface area contributed by atoms with E-state index in [9.17, 15) is 4.79 Å². The van der Waals surface area contributed by atoms with E-state index >= 15 is 0 Å². The Morgan fingerprint density at radius 1 is 0.741 bits per heavy atom. The summed E-state index contributed by atoms with van der Waals surface area (Å²) < 4.78 is 2.00. The summed E-state index contributed by atoms with van der Waals surface area (Å²) in [5, 5.41) is 0. The Morgan fingerprint density at radius 2 is 1.15 bits per heavy atom. The van der Waals surface area contributed by atoms with Crippen LogP contribution in [0.1, 0.15) is 33.0 Å². The van der Waals surface area contributed by atoms with E-state index in [1.807, 2.05) is 72.3 Å². The smallest absolute Gasteiger partial charge is 0.185 e. The van der Waals surface area contributed by atoms with Gasteiger partial charge in [-0.2, -0.15) is 0 Å². The number of aldehydes is 1. The molecule has 3 aromatic carbocycles. The summed E-state index contributed by atoms with van der Waals surface area (Å²) in [5.74, 6) is 0.407. The third-order valence-corrected chi connectivity index (χ3v) is 4.90. The minimum Gasteiger partial charge on any atom is -0.310 e. The quantitative estimate of drug-likeness (QED) is 0.380. The summed E-state index contributed by atoms with van der Waals surface area (Å²) in [7, 11) is 0. The number of hydrogen-bond donors (Lipinski definition) is 0. The van der Waals surface area contributed by atoms with Crippen LogP contribution in [0.2, 0.25) is 0 Å². The zero-order chi connectivity index (χ0) is 18.7. The zero-order valence-corrected chi connectivity index (χ0v) is 15.1. The van der Waals surface area contributed by atoms with E-state index in [2.05, 4.69) is 41.4 Å². The Bertz CT molecular complexity index is 941. The molecule has 0 fully saturated rings. The highest BCUT2D eigenvalue weighted by atomic mass is 16.1. The van der Waals surface area contributed by atoms with Gasteiger partial charge >= 0.3 is 0 Å². The van der Waals surface area contributed by atoms with Gasteiger partial charge in [0.1, 0.15) is 5.54 Å². The first-order valence-electron chi connectivity index (χ1n) is 8.95. The van der Waals surface area contributed by atoms with E-state index in [0.717, 1.165) is 28.7 Å².